The Hall–Kier alpha value is -0.890. The number of halogens is 12. The van der Waals surface area contributed by atoms with E-state index in [1.807, 2.05) is 0 Å². The first kappa shape index (κ1) is 20.1. The third kappa shape index (κ3) is 3.31. The number of rotatable bonds is 4. The van der Waals surface area contributed by atoms with Crippen LogP contribution in [0.4, 0.5) is 52.7 Å². The van der Waals surface area contributed by atoms with Crippen LogP contribution in [-0.2, 0) is 9.84 Å². The molecule has 0 aliphatic rings. The van der Waals surface area contributed by atoms with E-state index < -0.39 is 45.0 Å². The SMILES string of the molecule is O=S(=O)(CC(F)(F)C(F)(F)F)C(F)(F)C(F)(F)C(F)(F)F. The number of alkyl halides is 12. The van der Waals surface area contributed by atoms with E-state index in [4.69, 9.17) is 0 Å². The summed E-state index contributed by atoms with van der Waals surface area (Å²) in [6, 6.07) is 0. The summed E-state index contributed by atoms with van der Waals surface area (Å²) >= 11 is 0. The lowest BCUT2D eigenvalue weighted by molar-refractivity contribution is -0.332. The van der Waals surface area contributed by atoms with Gasteiger partial charge in [-0.15, -0.1) is 0 Å². The molecule has 0 unspecified atom stereocenters. The van der Waals surface area contributed by atoms with Crippen LogP contribution in [0.2, 0.25) is 0 Å². The maximum Gasteiger partial charge on any atom is 0.461 e. The van der Waals surface area contributed by atoms with E-state index in [2.05, 4.69) is 0 Å². The van der Waals surface area contributed by atoms with Crippen molar-refractivity contribution in [3.63, 3.8) is 0 Å². The lowest BCUT2D eigenvalue weighted by Crippen LogP contribution is -2.58. The average molecular weight is 366 g/mol. The Morgan fingerprint density at radius 3 is 1.19 bits per heavy atom. The van der Waals surface area contributed by atoms with Crippen LogP contribution in [-0.4, -0.2) is 43.6 Å². The summed E-state index contributed by atoms with van der Waals surface area (Å²) in [6.45, 7) is 0. The monoisotopic (exact) mass is 366 g/mol. The van der Waals surface area contributed by atoms with Gasteiger partial charge in [0.1, 0.15) is 5.75 Å². The fourth-order valence-corrected chi connectivity index (χ4v) is 2.10. The molecular formula is C6H2F12O2S. The molecule has 128 valence electrons. The van der Waals surface area contributed by atoms with Crippen LogP contribution in [0, 0.1) is 0 Å². The standard InChI is InChI=1S/C6H2F12O2S/c7-2(8,4(11,12)13)1-21(19,20)6(17,18)3(9,10)5(14,15)16/h1H2. The molecule has 21 heavy (non-hydrogen) atoms. The van der Waals surface area contributed by atoms with Crippen LogP contribution in [0.25, 0.3) is 0 Å². The molecule has 0 radical (unpaired) electrons. The quantitative estimate of drug-likeness (QED) is 0.715. The summed E-state index contributed by atoms with van der Waals surface area (Å²) in [6.07, 6.45) is -13.9. The molecule has 0 N–H and O–H groups in total. The zero-order chi connectivity index (χ0) is 17.7. The first-order valence-corrected chi connectivity index (χ1v) is 5.85. The molecule has 0 aromatic carbocycles. The number of hydrogen-bond acceptors (Lipinski definition) is 2. The average Bonchev–Trinajstić information content (AvgIpc) is 2.11. The lowest BCUT2D eigenvalue weighted by atomic mass is 10.3. The van der Waals surface area contributed by atoms with E-state index in [9.17, 15) is 61.1 Å². The van der Waals surface area contributed by atoms with Gasteiger partial charge >= 0.3 is 29.5 Å². The summed E-state index contributed by atoms with van der Waals surface area (Å²) in [4.78, 5) is 0. The van der Waals surface area contributed by atoms with Gasteiger partial charge in [-0.05, 0) is 0 Å². The van der Waals surface area contributed by atoms with Crippen LogP contribution >= 0.6 is 0 Å². The molecule has 0 aromatic heterocycles. The van der Waals surface area contributed by atoms with E-state index in [1.54, 1.807) is 0 Å². The maximum atomic E-state index is 12.6. The summed E-state index contributed by atoms with van der Waals surface area (Å²) in [5, 5.41) is -7.22. The molecule has 0 aromatic rings. The molecule has 0 amide bonds. The van der Waals surface area contributed by atoms with Crippen molar-refractivity contribution in [3.05, 3.63) is 0 Å². The fourth-order valence-electron chi connectivity index (χ4n) is 0.771. The highest BCUT2D eigenvalue weighted by Gasteiger charge is 2.79. The molecule has 0 aliphatic heterocycles. The van der Waals surface area contributed by atoms with Gasteiger partial charge in [0.25, 0.3) is 0 Å². The molecule has 0 rings (SSSR count). The van der Waals surface area contributed by atoms with Gasteiger partial charge in [0, 0.05) is 0 Å². The Bertz CT molecular complexity index is 483. The van der Waals surface area contributed by atoms with Crippen LogP contribution in [0.3, 0.4) is 0 Å². The van der Waals surface area contributed by atoms with Gasteiger partial charge in [-0.2, -0.15) is 52.7 Å². The topological polar surface area (TPSA) is 34.1 Å². The largest absolute Gasteiger partial charge is 0.461 e. The van der Waals surface area contributed by atoms with Gasteiger partial charge in [0.15, 0.2) is 0 Å². The van der Waals surface area contributed by atoms with Crippen molar-refractivity contribution < 1.29 is 61.1 Å². The van der Waals surface area contributed by atoms with E-state index in [-0.39, 0.29) is 0 Å². The Morgan fingerprint density at radius 1 is 0.619 bits per heavy atom. The molecule has 0 saturated carbocycles. The van der Waals surface area contributed by atoms with Crippen molar-refractivity contribution in [2.24, 2.45) is 0 Å². The second-order valence-electron chi connectivity index (χ2n) is 3.55. The van der Waals surface area contributed by atoms with E-state index >= 15 is 0 Å². The Kier molecular flexibility index (Phi) is 4.60. The van der Waals surface area contributed by atoms with Crippen LogP contribution < -0.4 is 0 Å². The molecule has 15 heteroatoms. The minimum atomic E-state index is -7.51. The zero-order valence-electron chi connectivity index (χ0n) is 8.97. The van der Waals surface area contributed by atoms with Gasteiger partial charge in [-0.3, -0.25) is 0 Å². The van der Waals surface area contributed by atoms with Crippen LogP contribution in [0.1, 0.15) is 0 Å². The zero-order valence-corrected chi connectivity index (χ0v) is 9.78. The molecule has 0 aliphatic carbocycles. The van der Waals surface area contributed by atoms with Gasteiger partial charge in [0.05, 0.1) is 0 Å². The normalized spacial score (nSPS) is 16.2. The van der Waals surface area contributed by atoms with Crippen LogP contribution in [0.5, 0.6) is 0 Å². The van der Waals surface area contributed by atoms with E-state index in [0.29, 0.717) is 0 Å². The first-order chi connectivity index (χ1) is 8.71. The molecular weight excluding hydrogens is 364 g/mol. The Labute approximate surface area is 107 Å². The third-order valence-electron chi connectivity index (χ3n) is 1.90. The van der Waals surface area contributed by atoms with Crippen molar-refractivity contribution in [3.8, 4) is 0 Å². The molecule has 2 nitrogen and oxygen atoms in total. The van der Waals surface area contributed by atoms with Crippen molar-refractivity contribution in [2.75, 3.05) is 5.75 Å². The summed E-state index contributed by atoms with van der Waals surface area (Å²) < 4.78 is 165. The Morgan fingerprint density at radius 2 is 0.952 bits per heavy atom. The highest BCUT2D eigenvalue weighted by molar-refractivity contribution is 7.92. The Balaban J connectivity index is 5.85. The predicted octanol–water partition coefficient (Wildman–Crippen LogP) is 3.39. The van der Waals surface area contributed by atoms with Gasteiger partial charge in [0.2, 0.25) is 9.84 Å². The van der Waals surface area contributed by atoms with Crippen LogP contribution in [0.15, 0.2) is 0 Å². The maximum absolute atomic E-state index is 12.6. The summed E-state index contributed by atoms with van der Waals surface area (Å²) in [5.74, 6) is -17.8. The van der Waals surface area contributed by atoms with Gasteiger partial charge in [-0.1, -0.05) is 0 Å². The number of hydrogen-bond donors (Lipinski definition) is 0. The van der Waals surface area contributed by atoms with Crippen molar-refractivity contribution in [1.29, 1.82) is 0 Å². The van der Waals surface area contributed by atoms with Crippen molar-refractivity contribution in [1.82, 2.24) is 0 Å². The highest BCUT2D eigenvalue weighted by atomic mass is 32.2. The lowest BCUT2D eigenvalue weighted by Gasteiger charge is -2.29. The van der Waals surface area contributed by atoms with Gasteiger partial charge < -0.3 is 0 Å². The minimum Gasteiger partial charge on any atom is -0.222 e. The summed E-state index contributed by atoms with van der Waals surface area (Å²) in [5.41, 5.74) is 0. The molecule has 0 atom stereocenters. The third-order valence-corrected chi connectivity index (χ3v) is 3.68. The molecule has 0 fully saturated rings. The highest BCUT2D eigenvalue weighted by Crippen LogP contribution is 2.50. The molecule has 0 spiro atoms. The van der Waals surface area contributed by atoms with Crippen molar-refractivity contribution >= 4 is 9.84 Å². The molecule has 0 saturated heterocycles. The second-order valence-corrected chi connectivity index (χ2v) is 5.58. The predicted molar refractivity (Wildman–Crippen MR) is 40.7 cm³/mol. The minimum absolute atomic E-state index is 3.97. The smallest absolute Gasteiger partial charge is 0.222 e. The molecule has 0 bridgehead atoms. The van der Waals surface area contributed by atoms with E-state index in [0.717, 1.165) is 0 Å². The van der Waals surface area contributed by atoms with Crippen molar-refractivity contribution in [2.45, 2.75) is 29.5 Å². The second kappa shape index (κ2) is 4.81. The summed E-state index contributed by atoms with van der Waals surface area (Å²) in [7, 11) is -7.51. The number of sulfone groups is 1. The van der Waals surface area contributed by atoms with E-state index in [1.165, 1.54) is 0 Å². The fraction of sp³-hybridized carbons (Fsp3) is 1.00. The molecule has 0 heterocycles. The first-order valence-electron chi connectivity index (χ1n) is 4.20. The van der Waals surface area contributed by atoms with Gasteiger partial charge in [-0.25, -0.2) is 8.42 Å².